The molecule has 1 heterocycles. The molecule has 1 N–H and O–H groups in total. The minimum absolute atomic E-state index is 0.0102. The number of nitro groups is 1. The van der Waals surface area contributed by atoms with Gasteiger partial charge in [-0.05, 0) is 36.8 Å². The van der Waals surface area contributed by atoms with E-state index in [9.17, 15) is 19.7 Å². The molecule has 146 valence electrons. The Hall–Kier alpha value is -3.62. The van der Waals surface area contributed by atoms with Gasteiger partial charge in [-0.25, -0.2) is 0 Å². The van der Waals surface area contributed by atoms with Crippen molar-refractivity contribution in [2.75, 3.05) is 20.2 Å². The topological polar surface area (TPSA) is 119 Å². The number of carboxylic acids is 1. The summed E-state index contributed by atoms with van der Waals surface area (Å²) < 4.78 is 10.8. The highest BCUT2D eigenvalue weighted by atomic mass is 16.6. The number of non-ortho nitro benzene ring substituents is 1. The first kappa shape index (κ1) is 19.2. The van der Waals surface area contributed by atoms with Crippen molar-refractivity contribution in [1.29, 1.82) is 0 Å². The highest BCUT2D eigenvalue weighted by Gasteiger charge is 2.33. The van der Waals surface area contributed by atoms with Crippen LogP contribution < -0.4 is 9.47 Å². The zero-order chi connectivity index (χ0) is 20.3. The highest BCUT2D eigenvalue weighted by molar-refractivity contribution is 5.98. The lowest BCUT2D eigenvalue weighted by Crippen LogP contribution is -2.30. The van der Waals surface area contributed by atoms with Crippen LogP contribution in [0.1, 0.15) is 16.8 Å². The van der Waals surface area contributed by atoms with Crippen LogP contribution >= 0.6 is 0 Å². The lowest BCUT2D eigenvalue weighted by atomic mass is 10.1. The molecule has 28 heavy (non-hydrogen) atoms. The molecule has 0 radical (unpaired) electrons. The molecule has 0 aliphatic carbocycles. The van der Waals surface area contributed by atoms with E-state index in [4.69, 9.17) is 14.6 Å². The van der Waals surface area contributed by atoms with Gasteiger partial charge in [0.25, 0.3) is 11.6 Å². The Morgan fingerprint density at radius 2 is 1.86 bits per heavy atom. The molecule has 2 aromatic rings. The van der Waals surface area contributed by atoms with Gasteiger partial charge in [0.1, 0.15) is 17.2 Å². The Kier molecular flexibility index (Phi) is 5.44. The van der Waals surface area contributed by atoms with Gasteiger partial charge in [-0.1, -0.05) is 0 Å². The molecule has 3 rings (SSSR count). The number of nitro benzene ring substituents is 1. The molecule has 9 nitrogen and oxygen atoms in total. The summed E-state index contributed by atoms with van der Waals surface area (Å²) in [7, 11) is 1.53. The van der Waals surface area contributed by atoms with Crippen LogP contribution in [0.3, 0.4) is 0 Å². The number of hydrogen-bond donors (Lipinski definition) is 1. The van der Waals surface area contributed by atoms with Crippen LogP contribution in [0.4, 0.5) is 5.69 Å². The molecule has 0 spiro atoms. The Morgan fingerprint density at radius 3 is 2.43 bits per heavy atom. The van der Waals surface area contributed by atoms with Gasteiger partial charge >= 0.3 is 5.97 Å². The van der Waals surface area contributed by atoms with Crippen LogP contribution in [-0.4, -0.2) is 47.0 Å². The molecule has 0 bridgehead atoms. The molecular weight excluding hydrogens is 368 g/mol. The van der Waals surface area contributed by atoms with Gasteiger partial charge < -0.3 is 19.5 Å². The second kappa shape index (κ2) is 7.95. The second-order valence-electron chi connectivity index (χ2n) is 6.29. The van der Waals surface area contributed by atoms with E-state index in [1.807, 2.05) is 0 Å². The molecule has 1 atom stereocenters. The molecule has 1 unspecified atom stereocenters. The number of benzene rings is 2. The van der Waals surface area contributed by atoms with E-state index < -0.39 is 22.7 Å². The summed E-state index contributed by atoms with van der Waals surface area (Å²) in [5.41, 5.74) is -0.240. The van der Waals surface area contributed by atoms with Gasteiger partial charge in [0.15, 0.2) is 0 Å². The zero-order valence-electron chi connectivity index (χ0n) is 15.0. The van der Waals surface area contributed by atoms with Crippen molar-refractivity contribution in [2.24, 2.45) is 5.92 Å². The number of hydrogen-bond acceptors (Lipinski definition) is 6. The average molecular weight is 386 g/mol. The number of aliphatic carboxylic acids is 1. The largest absolute Gasteiger partial charge is 0.497 e. The van der Waals surface area contributed by atoms with Crippen molar-refractivity contribution in [3.63, 3.8) is 0 Å². The fourth-order valence-corrected chi connectivity index (χ4v) is 2.98. The molecular formula is C19H18N2O7. The van der Waals surface area contributed by atoms with Crippen LogP contribution in [0.25, 0.3) is 0 Å². The Labute approximate surface area is 160 Å². The molecule has 0 saturated carbocycles. The molecule has 2 aromatic carbocycles. The van der Waals surface area contributed by atoms with Gasteiger partial charge in [0.2, 0.25) is 0 Å². The van der Waals surface area contributed by atoms with E-state index >= 15 is 0 Å². The average Bonchev–Trinajstić information content (AvgIpc) is 3.19. The predicted molar refractivity (Wildman–Crippen MR) is 97.8 cm³/mol. The second-order valence-corrected chi connectivity index (χ2v) is 6.29. The SMILES string of the molecule is COc1ccc(Oc2ccc([N+](=O)[O-])cc2C(=O)N2CCC(C(=O)O)C2)cc1. The monoisotopic (exact) mass is 386 g/mol. The quantitative estimate of drug-likeness (QED) is 0.599. The number of rotatable bonds is 6. The summed E-state index contributed by atoms with van der Waals surface area (Å²) >= 11 is 0. The lowest BCUT2D eigenvalue weighted by molar-refractivity contribution is -0.384. The van der Waals surface area contributed by atoms with Gasteiger partial charge in [0, 0.05) is 25.2 Å². The van der Waals surface area contributed by atoms with E-state index in [-0.39, 0.29) is 30.1 Å². The van der Waals surface area contributed by atoms with Crippen LogP contribution in [0.5, 0.6) is 17.2 Å². The van der Waals surface area contributed by atoms with Crippen molar-refractivity contribution in [3.05, 3.63) is 58.1 Å². The first-order valence-electron chi connectivity index (χ1n) is 8.51. The van der Waals surface area contributed by atoms with Crippen LogP contribution in [-0.2, 0) is 4.79 Å². The first-order chi connectivity index (χ1) is 13.4. The number of methoxy groups -OCH3 is 1. The smallest absolute Gasteiger partial charge is 0.308 e. The number of carboxylic acid groups (broad SMARTS) is 1. The predicted octanol–water partition coefficient (Wildman–Crippen LogP) is 2.94. The first-order valence-corrected chi connectivity index (χ1v) is 8.51. The molecule has 0 aromatic heterocycles. The third-order valence-corrected chi connectivity index (χ3v) is 4.52. The van der Waals surface area contributed by atoms with E-state index in [1.54, 1.807) is 24.3 Å². The minimum atomic E-state index is -0.968. The summed E-state index contributed by atoms with van der Waals surface area (Å²) in [6, 6.07) is 10.4. The molecule has 1 aliphatic heterocycles. The van der Waals surface area contributed by atoms with E-state index in [0.29, 0.717) is 17.9 Å². The summed E-state index contributed by atoms with van der Waals surface area (Å²) in [6.45, 7) is 0.319. The van der Waals surface area contributed by atoms with Gasteiger partial charge in [-0.15, -0.1) is 0 Å². The molecule has 9 heteroatoms. The van der Waals surface area contributed by atoms with Crippen molar-refractivity contribution in [2.45, 2.75) is 6.42 Å². The van der Waals surface area contributed by atoms with Crippen molar-refractivity contribution >= 4 is 17.6 Å². The Bertz CT molecular complexity index is 911. The van der Waals surface area contributed by atoms with Crippen molar-refractivity contribution < 1.29 is 29.1 Å². The van der Waals surface area contributed by atoms with Crippen LogP contribution in [0.2, 0.25) is 0 Å². The summed E-state index contributed by atoms with van der Waals surface area (Å²) in [5.74, 6) is -0.911. The molecule has 1 amide bonds. The fraction of sp³-hybridized carbons (Fsp3) is 0.263. The van der Waals surface area contributed by atoms with Gasteiger partial charge in [0.05, 0.1) is 23.5 Å². The Morgan fingerprint density at radius 1 is 1.18 bits per heavy atom. The lowest BCUT2D eigenvalue weighted by Gasteiger charge is -2.18. The van der Waals surface area contributed by atoms with Gasteiger partial charge in [-0.3, -0.25) is 19.7 Å². The van der Waals surface area contributed by atoms with Crippen molar-refractivity contribution in [1.82, 2.24) is 4.90 Å². The number of carbonyl (C=O) groups is 2. The van der Waals surface area contributed by atoms with E-state index in [2.05, 4.69) is 0 Å². The summed E-state index contributed by atoms with van der Waals surface area (Å²) in [4.78, 5) is 36.0. The number of amides is 1. The maximum Gasteiger partial charge on any atom is 0.308 e. The zero-order valence-corrected chi connectivity index (χ0v) is 15.0. The molecule has 1 fully saturated rings. The standard InChI is InChI=1S/C19H18N2O7/c1-27-14-3-5-15(6-4-14)28-17-7-2-13(21(25)26)10-16(17)18(22)20-9-8-12(11-20)19(23)24/h2-7,10,12H,8-9,11H2,1H3,(H,23,24). The third-order valence-electron chi connectivity index (χ3n) is 4.52. The minimum Gasteiger partial charge on any atom is -0.497 e. The maximum atomic E-state index is 12.9. The fourth-order valence-electron chi connectivity index (χ4n) is 2.98. The summed E-state index contributed by atoms with van der Waals surface area (Å²) in [6.07, 6.45) is 0.338. The number of carbonyl (C=O) groups excluding carboxylic acids is 1. The van der Waals surface area contributed by atoms with Crippen molar-refractivity contribution in [3.8, 4) is 17.2 Å². The normalized spacial score (nSPS) is 15.9. The van der Waals surface area contributed by atoms with Crippen LogP contribution in [0, 0.1) is 16.0 Å². The number of ether oxygens (including phenoxy) is 2. The van der Waals surface area contributed by atoms with Gasteiger partial charge in [-0.2, -0.15) is 0 Å². The van der Waals surface area contributed by atoms with E-state index in [1.165, 1.54) is 24.1 Å². The Balaban J connectivity index is 1.90. The number of nitrogens with zero attached hydrogens (tertiary/aromatic N) is 2. The van der Waals surface area contributed by atoms with E-state index in [0.717, 1.165) is 6.07 Å². The third kappa shape index (κ3) is 4.03. The molecule has 1 saturated heterocycles. The maximum absolute atomic E-state index is 12.9. The number of likely N-dealkylation sites (tertiary alicyclic amines) is 1. The van der Waals surface area contributed by atoms with Crippen LogP contribution in [0.15, 0.2) is 42.5 Å². The molecule has 1 aliphatic rings. The summed E-state index contributed by atoms with van der Waals surface area (Å²) in [5, 5.41) is 20.3. The highest BCUT2D eigenvalue weighted by Crippen LogP contribution is 2.32.